The van der Waals surface area contributed by atoms with Gasteiger partial charge in [-0.25, -0.2) is 0 Å². The highest BCUT2D eigenvalue weighted by molar-refractivity contribution is 4.83. The molecule has 6 atom stereocenters. The molecule has 0 amide bonds. The van der Waals surface area contributed by atoms with Gasteiger partial charge in [-0.1, -0.05) is 27.2 Å². The Hall–Kier alpha value is -0.160. The van der Waals surface area contributed by atoms with Crippen LogP contribution in [0.1, 0.15) is 52.9 Å². The number of hydrogen-bond donors (Lipinski definition) is 2. The summed E-state index contributed by atoms with van der Waals surface area (Å²) < 4.78 is 11.9. The molecule has 4 heteroatoms. The molecule has 4 nitrogen and oxygen atoms in total. The van der Waals surface area contributed by atoms with Crippen LogP contribution in [0.3, 0.4) is 0 Å². The summed E-state index contributed by atoms with van der Waals surface area (Å²) in [6.07, 6.45) is 3.88. The SMILES string of the molecule is CC1CCC(C(C)C)C(OC2CCC(O)C(CO)O2)C1. The first kappa shape index (κ1) is 16.2. The van der Waals surface area contributed by atoms with Crippen molar-refractivity contribution in [2.45, 2.75) is 77.5 Å². The smallest absolute Gasteiger partial charge is 0.158 e. The van der Waals surface area contributed by atoms with Crippen molar-refractivity contribution in [3.63, 3.8) is 0 Å². The second-order valence-corrected chi connectivity index (χ2v) is 6.93. The average molecular weight is 286 g/mol. The first-order valence-electron chi connectivity index (χ1n) is 8.11. The van der Waals surface area contributed by atoms with Gasteiger partial charge in [0.05, 0.1) is 18.8 Å². The molecule has 2 rings (SSSR count). The van der Waals surface area contributed by atoms with Crippen molar-refractivity contribution in [2.24, 2.45) is 17.8 Å². The third-order valence-corrected chi connectivity index (χ3v) is 4.92. The first-order chi connectivity index (χ1) is 9.51. The Labute approximate surface area is 122 Å². The van der Waals surface area contributed by atoms with Gasteiger partial charge in [0.2, 0.25) is 0 Å². The fourth-order valence-corrected chi connectivity index (χ4v) is 3.58. The zero-order valence-electron chi connectivity index (χ0n) is 13.0. The molecule has 0 aromatic rings. The van der Waals surface area contributed by atoms with Crippen LogP contribution in [0.5, 0.6) is 0 Å². The summed E-state index contributed by atoms with van der Waals surface area (Å²) in [4.78, 5) is 0. The minimum atomic E-state index is -0.564. The summed E-state index contributed by atoms with van der Waals surface area (Å²) in [5, 5.41) is 19.0. The second kappa shape index (κ2) is 7.21. The van der Waals surface area contributed by atoms with E-state index >= 15 is 0 Å². The Bertz CT molecular complexity index is 294. The molecule has 0 spiro atoms. The summed E-state index contributed by atoms with van der Waals surface area (Å²) in [7, 11) is 0. The predicted molar refractivity (Wildman–Crippen MR) is 77.2 cm³/mol. The highest BCUT2D eigenvalue weighted by atomic mass is 16.7. The molecule has 1 aliphatic heterocycles. The highest BCUT2D eigenvalue weighted by Gasteiger charge is 2.36. The van der Waals surface area contributed by atoms with Gasteiger partial charge in [0.1, 0.15) is 6.10 Å². The Morgan fingerprint density at radius 1 is 1.20 bits per heavy atom. The first-order valence-corrected chi connectivity index (χ1v) is 8.11. The molecule has 1 saturated heterocycles. The Kier molecular flexibility index (Phi) is 5.84. The van der Waals surface area contributed by atoms with Crippen LogP contribution in [0.15, 0.2) is 0 Å². The molecule has 2 N–H and O–H groups in total. The van der Waals surface area contributed by atoms with Gasteiger partial charge in [-0.2, -0.15) is 0 Å². The lowest BCUT2D eigenvalue weighted by atomic mass is 9.75. The van der Waals surface area contributed by atoms with Crippen molar-refractivity contribution in [3.05, 3.63) is 0 Å². The van der Waals surface area contributed by atoms with E-state index < -0.39 is 12.2 Å². The van der Waals surface area contributed by atoms with E-state index in [2.05, 4.69) is 20.8 Å². The summed E-state index contributed by atoms with van der Waals surface area (Å²) >= 11 is 0. The minimum absolute atomic E-state index is 0.143. The summed E-state index contributed by atoms with van der Waals surface area (Å²) in [6.45, 7) is 6.67. The van der Waals surface area contributed by atoms with E-state index in [1.54, 1.807) is 0 Å². The molecule has 0 aromatic carbocycles. The van der Waals surface area contributed by atoms with E-state index in [1.165, 1.54) is 12.8 Å². The molecule has 1 aliphatic carbocycles. The lowest BCUT2D eigenvalue weighted by Gasteiger charge is -2.41. The molecular weight excluding hydrogens is 256 g/mol. The van der Waals surface area contributed by atoms with Crippen LogP contribution >= 0.6 is 0 Å². The van der Waals surface area contributed by atoms with Gasteiger partial charge in [-0.15, -0.1) is 0 Å². The zero-order chi connectivity index (χ0) is 14.7. The van der Waals surface area contributed by atoms with Crippen molar-refractivity contribution in [2.75, 3.05) is 6.61 Å². The Morgan fingerprint density at radius 2 is 1.95 bits per heavy atom. The molecule has 0 bridgehead atoms. The van der Waals surface area contributed by atoms with Gasteiger partial charge >= 0.3 is 0 Å². The molecule has 1 saturated carbocycles. The lowest BCUT2D eigenvalue weighted by molar-refractivity contribution is -0.257. The minimum Gasteiger partial charge on any atom is -0.394 e. The van der Waals surface area contributed by atoms with E-state index in [0.29, 0.717) is 30.6 Å². The van der Waals surface area contributed by atoms with Crippen molar-refractivity contribution in [1.29, 1.82) is 0 Å². The monoisotopic (exact) mass is 286 g/mol. The van der Waals surface area contributed by atoms with Gasteiger partial charge in [0.25, 0.3) is 0 Å². The third-order valence-electron chi connectivity index (χ3n) is 4.92. The molecule has 1 heterocycles. The maximum atomic E-state index is 9.73. The fourth-order valence-electron chi connectivity index (χ4n) is 3.58. The van der Waals surface area contributed by atoms with Crippen LogP contribution in [0.25, 0.3) is 0 Å². The van der Waals surface area contributed by atoms with E-state index in [-0.39, 0.29) is 19.0 Å². The molecule has 20 heavy (non-hydrogen) atoms. The zero-order valence-corrected chi connectivity index (χ0v) is 13.0. The molecule has 2 fully saturated rings. The molecule has 6 unspecified atom stereocenters. The highest BCUT2D eigenvalue weighted by Crippen LogP contribution is 2.37. The van der Waals surface area contributed by atoms with E-state index in [4.69, 9.17) is 9.47 Å². The third kappa shape index (κ3) is 3.94. The van der Waals surface area contributed by atoms with Crippen molar-refractivity contribution < 1.29 is 19.7 Å². The normalized spacial score (nSPS) is 42.9. The van der Waals surface area contributed by atoms with Gasteiger partial charge in [0, 0.05) is 6.42 Å². The summed E-state index contributed by atoms with van der Waals surface area (Å²) in [5.74, 6) is 1.92. The molecule has 0 radical (unpaired) electrons. The van der Waals surface area contributed by atoms with Crippen molar-refractivity contribution >= 4 is 0 Å². The number of aliphatic hydroxyl groups excluding tert-OH is 2. The lowest BCUT2D eigenvalue weighted by Crippen LogP contribution is -2.45. The second-order valence-electron chi connectivity index (χ2n) is 6.93. The number of hydrogen-bond acceptors (Lipinski definition) is 4. The van der Waals surface area contributed by atoms with Crippen LogP contribution in [0.4, 0.5) is 0 Å². The standard InChI is InChI=1S/C16H30O4/c1-10(2)12-5-4-11(3)8-14(12)19-16-7-6-13(18)15(9-17)20-16/h10-18H,4-9H2,1-3H3. The van der Waals surface area contributed by atoms with Gasteiger partial charge in [-0.05, 0) is 37.0 Å². The Balaban J connectivity index is 1.92. The van der Waals surface area contributed by atoms with Gasteiger partial charge in [-0.3, -0.25) is 0 Å². The van der Waals surface area contributed by atoms with Crippen LogP contribution in [0, 0.1) is 17.8 Å². The van der Waals surface area contributed by atoms with E-state index in [1.807, 2.05) is 0 Å². The number of rotatable bonds is 4. The Morgan fingerprint density at radius 3 is 2.60 bits per heavy atom. The molecule has 0 aromatic heterocycles. The summed E-state index contributed by atoms with van der Waals surface area (Å²) in [5.41, 5.74) is 0. The van der Waals surface area contributed by atoms with Crippen molar-refractivity contribution in [1.82, 2.24) is 0 Å². The molecular formula is C16H30O4. The summed E-state index contributed by atoms with van der Waals surface area (Å²) in [6, 6.07) is 0. The topological polar surface area (TPSA) is 58.9 Å². The predicted octanol–water partition coefficient (Wildman–Crippen LogP) is 2.32. The van der Waals surface area contributed by atoms with Crippen LogP contribution in [-0.2, 0) is 9.47 Å². The van der Waals surface area contributed by atoms with Crippen LogP contribution < -0.4 is 0 Å². The number of ether oxygens (including phenoxy) is 2. The van der Waals surface area contributed by atoms with Crippen molar-refractivity contribution in [3.8, 4) is 0 Å². The molecule has 2 aliphatic rings. The quantitative estimate of drug-likeness (QED) is 0.832. The van der Waals surface area contributed by atoms with E-state index in [9.17, 15) is 10.2 Å². The maximum absolute atomic E-state index is 9.73. The largest absolute Gasteiger partial charge is 0.394 e. The van der Waals surface area contributed by atoms with E-state index in [0.717, 1.165) is 6.42 Å². The fraction of sp³-hybridized carbons (Fsp3) is 1.00. The van der Waals surface area contributed by atoms with Crippen LogP contribution in [-0.4, -0.2) is 41.4 Å². The maximum Gasteiger partial charge on any atom is 0.158 e. The number of aliphatic hydroxyl groups is 2. The van der Waals surface area contributed by atoms with Gasteiger partial charge < -0.3 is 19.7 Å². The van der Waals surface area contributed by atoms with Crippen LogP contribution in [0.2, 0.25) is 0 Å². The molecule has 118 valence electrons. The average Bonchev–Trinajstić information content (AvgIpc) is 2.40. The van der Waals surface area contributed by atoms with Gasteiger partial charge in [0.15, 0.2) is 6.29 Å².